The van der Waals surface area contributed by atoms with E-state index in [0.717, 1.165) is 20.6 Å². The third-order valence-corrected chi connectivity index (χ3v) is 4.33. The Morgan fingerprint density at radius 3 is 2.59 bits per heavy atom. The third kappa shape index (κ3) is 2.82. The van der Waals surface area contributed by atoms with Crippen molar-refractivity contribution in [3.05, 3.63) is 64.5 Å². The number of aromatic carboxylic acids is 1. The highest BCUT2D eigenvalue weighted by Crippen LogP contribution is 2.15. The Hall–Kier alpha value is -2.73. The molecule has 0 fully saturated rings. The molecule has 2 aromatic carbocycles. The van der Waals surface area contributed by atoms with Crippen LogP contribution in [0.3, 0.4) is 0 Å². The number of hydrogen-bond acceptors (Lipinski definition) is 4. The van der Waals surface area contributed by atoms with Crippen molar-refractivity contribution in [3.8, 4) is 0 Å². The largest absolute Gasteiger partial charge is 0.478 e. The highest BCUT2D eigenvalue weighted by molar-refractivity contribution is 7.16. The Kier molecular flexibility index (Phi) is 3.84. The fourth-order valence-corrected chi connectivity index (χ4v) is 3.01. The van der Waals surface area contributed by atoms with E-state index in [1.165, 1.54) is 0 Å². The summed E-state index contributed by atoms with van der Waals surface area (Å²) in [6.45, 7) is 0. The van der Waals surface area contributed by atoms with E-state index in [1.54, 1.807) is 41.8 Å². The van der Waals surface area contributed by atoms with Gasteiger partial charge in [0.1, 0.15) is 0 Å². The molecule has 0 atom stereocenters. The lowest BCUT2D eigenvalue weighted by Crippen LogP contribution is -2.08. The van der Waals surface area contributed by atoms with E-state index in [9.17, 15) is 4.79 Å². The first-order valence-corrected chi connectivity index (χ1v) is 7.42. The minimum absolute atomic E-state index is 0.255. The number of thiazole rings is 1. The van der Waals surface area contributed by atoms with Crippen molar-refractivity contribution in [2.75, 3.05) is 0 Å². The van der Waals surface area contributed by atoms with Crippen molar-refractivity contribution in [2.24, 2.45) is 17.3 Å². The van der Waals surface area contributed by atoms with Gasteiger partial charge in [0.2, 0.25) is 4.80 Å². The molecule has 0 aliphatic carbocycles. The minimum atomic E-state index is -0.939. The Morgan fingerprint density at radius 1 is 1.18 bits per heavy atom. The molecule has 0 amide bonds. The van der Waals surface area contributed by atoms with Crippen molar-refractivity contribution in [1.82, 2.24) is 4.57 Å². The lowest BCUT2D eigenvalue weighted by atomic mass is 10.1. The van der Waals surface area contributed by atoms with Crippen LogP contribution in [0.15, 0.2) is 58.7 Å². The van der Waals surface area contributed by atoms with Crippen LogP contribution in [0.5, 0.6) is 0 Å². The van der Waals surface area contributed by atoms with Gasteiger partial charge in [-0.2, -0.15) is 5.10 Å². The number of rotatable bonds is 3. The van der Waals surface area contributed by atoms with Crippen molar-refractivity contribution < 1.29 is 9.90 Å². The molecule has 5 nitrogen and oxygen atoms in total. The van der Waals surface area contributed by atoms with Crippen molar-refractivity contribution >= 4 is 33.7 Å². The van der Waals surface area contributed by atoms with Crippen LogP contribution < -0.4 is 4.80 Å². The molecule has 3 rings (SSSR count). The number of fused-ring (bicyclic) bond motifs is 1. The fraction of sp³-hybridized carbons (Fsp3) is 0.0625. The summed E-state index contributed by atoms with van der Waals surface area (Å²) in [7, 11) is 1.95. The molecule has 0 aliphatic heterocycles. The van der Waals surface area contributed by atoms with E-state index < -0.39 is 5.97 Å². The lowest BCUT2D eigenvalue weighted by molar-refractivity contribution is 0.0697. The van der Waals surface area contributed by atoms with Crippen LogP contribution in [0.25, 0.3) is 10.2 Å². The molecule has 22 heavy (non-hydrogen) atoms. The van der Waals surface area contributed by atoms with Gasteiger partial charge in [0.25, 0.3) is 0 Å². The van der Waals surface area contributed by atoms with Crippen LogP contribution >= 0.6 is 11.3 Å². The summed E-state index contributed by atoms with van der Waals surface area (Å²) in [5.74, 6) is -0.939. The Balaban J connectivity index is 1.88. The summed E-state index contributed by atoms with van der Waals surface area (Å²) >= 11 is 1.57. The normalized spacial score (nSPS) is 12.3. The van der Waals surface area contributed by atoms with Gasteiger partial charge >= 0.3 is 5.97 Å². The molecule has 0 aliphatic rings. The zero-order chi connectivity index (χ0) is 15.5. The summed E-state index contributed by atoms with van der Waals surface area (Å²) in [5, 5.41) is 17.2. The van der Waals surface area contributed by atoms with Gasteiger partial charge in [-0.3, -0.25) is 0 Å². The Labute approximate surface area is 130 Å². The number of para-hydroxylation sites is 1. The van der Waals surface area contributed by atoms with Crippen molar-refractivity contribution in [3.63, 3.8) is 0 Å². The molecule has 0 spiro atoms. The van der Waals surface area contributed by atoms with Crippen LogP contribution in [0.2, 0.25) is 0 Å². The predicted octanol–water partition coefficient (Wildman–Crippen LogP) is 2.87. The molecule has 0 bridgehead atoms. The Morgan fingerprint density at radius 2 is 1.91 bits per heavy atom. The molecule has 6 heteroatoms. The summed E-state index contributed by atoms with van der Waals surface area (Å²) in [4.78, 5) is 11.6. The summed E-state index contributed by atoms with van der Waals surface area (Å²) in [5.41, 5.74) is 2.18. The van der Waals surface area contributed by atoms with Crippen LogP contribution in [0, 0.1) is 0 Å². The fourth-order valence-electron chi connectivity index (χ4n) is 2.03. The molecule has 0 radical (unpaired) electrons. The maximum Gasteiger partial charge on any atom is 0.335 e. The quantitative estimate of drug-likeness (QED) is 0.597. The van der Waals surface area contributed by atoms with Crippen molar-refractivity contribution in [1.29, 1.82) is 0 Å². The highest BCUT2D eigenvalue weighted by atomic mass is 32.1. The standard InChI is InChI=1S/C16H13N3O2S/c1-19-13-4-2-3-5-14(13)22-16(19)18-17-10-11-6-8-12(9-7-11)15(20)21/h2-10H,1H3,(H,20,21). The number of benzene rings is 2. The number of carboxylic acid groups (broad SMARTS) is 1. The number of aromatic nitrogens is 1. The van der Waals surface area contributed by atoms with Gasteiger partial charge in [-0.1, -0.05) is 35.6 Å². The first kappa shape index (κ1) is 14.2. The molecule has 0 saturated heterocycles. The highest BCUT2D eigenvalue weighted by Gasteiger charge is 2.01. The molecular formula is C16H13N3O2S. The van der Waals surface area contributed by atoms with Gasteiger partial charge in [0.15, 0.2) is 0 Å². The monoisotopic (exact) mass is 311 g/mol. The summed E-state index contributed by atoms with van der Waals surface area (Å²) in [6.07, 6.45) is 1.61. The average molecular weight is 311 g/mol. The van der Waals surface area contributed by atoms with E-state index >= 15 is 0 Å². The summed E-state index contributed by atoms with van der Waals surface area (Å²) in [6, 6.07) is 14.6. The topological polar surface area (TPSA) is 67.0 Å². The molecule has 1 heterocycles. The molecule has 0 unspecified atom stereocenters. The number of hydrogen-bond donors (Lipinski definition) is 1. The van der Waals surface area contributed by atoms with Gasteiger partial charge in [0.05, 0.1) is 22.0 Å². The van der Waals surface area contributed by atoms with Crippen molar-refractivity contribution in [2.45, 2.75) is 0 Å². The van der Waals surface area contributed by atoms with Crippen LogP contribution in [-0.4, -0.2) is 21.9 Å². The maximum absolute atomic E-state index is 10.8. The molecule has 1 N–H and O–H groups in total. The van der Waals surface area contributed by atoms with E-state index in [0.29, 0.717) is 0 Å². The molecule has 0 saturated carbocycles. The van der Waals surface area contributed by atoms with Gasteiger partial charge in [-0.15, -0.1) is 5.10 Å². The second-order valence-corrected chi connectivity index (χ2v) is 5.69. The molecule has 1 aromatic heterocycles. The SMILES string of the molecule is Cn1c(=NN=Cc2ccc(C(=O)O)cc2)sc2ccccc21. The van der Waals surface area contributed by atoms with Crippen LogP contribution in [-0.2, 0) is 7.05 Å². The van der Waals surface area contributed by atoms with Gasteiger partial charge in [0, 0.05) is 7.05 Å². The second-order valence-electron chi connectivity index (χ2n) is 4.68. The van der Waals surface area contributed by atoms with E-state index in [4.69, 9.17) is 5.11 Å². The Bertz CT molecular complexity index is 920. The van der Waals surface area contributed by atoms with Crippen LogP contribution in [0.4, 0.5) is 0 Å². The number of carboxylic acids is 1. The first-order valence-electron chi connectivity index (χ1n) is 6.60. The third-order valence-electron chi connectivity index (χ3n) is 3.22. The second kappa shape index (κ2) is 5.95. The number of carbonyl (C=O) groups is 1. The number of aryl methyl sites for hydroxylation is 1. The van der Waals surface area contributed by atoms with Gasteiger partial charge in [-0.25, -0.2) is 4.79 Å². The zero-order valence-electron chi connectivity index (χ0n) is 11.8. The zero-order valence-corrected chi connectivity index (χ0v) is 12.6. The average Bonchev–Trinajstić information content (AvgIpc) is 2.85. The predicted molar refractivity (Wildman–Crippen MR) is 87.4 cm³/mol. The van der Waals surface area contributed by atoms with Gasteiger partial charge in [-0.05, 0) is 29.8 Å². The molecule has 3 aromatic rings. The first-order chi connectivity index (χ1) is 10.6. The minimum Gasteiger partial charge on any atom is -0.478 e. The number of nitrogens with zero attached hydrogens (tertiary/aromatic N) is 3. The molecule has 110 valence electrons. The lowest BCUT2D eigenvalue weighted by Gasteiger charge is -1.94. The summed E-state index contributed by atoms with van der Waals surface area (Å²) < 4.78 is 3.15. The van der Waals surface area contributed by atoms with Gasteiger partial charge < -0.3 is 9.67 Å². The van der Waals surface area contributed by atoms with E-state index in [-0.39, 0.29) is 5.56 Å². The van der Waals surface area contributed by atoms with Crippen LogP contribution in [0.1, 0.15) is 15.9 Å². The maximum atomic E-state index is 10.8. The smallest absolute Gasteiger partial charge is 0.335 e. The van der Waals surface area contributed by atoms with E-state index in [1.807, 2.05) is 35.9 Å². The van der Waals surface area contributed by atoms with E-state index in [2.05, 4.69) is 10.2 Å². The molecular weight excluding hydrogens is 298 g/mol.